The lowest BCUT2D eigenvalue weighted by atomic mass is 10.1. The van der Waals surface area contributed by atoms with Gasteiger partial charge in [-0.25, -0.2) is 0 Å². The molecular formula is C20H19F3N2O5. The predicted octanol–water partition coefficient (Wildman–Crippen LogP) is 3.97. The Labute approximate surface area is 170 Å². The van der Waals surface area contributed by atoms with Gasteiger partial charge in [-0.05, 0) is 24.3 Å². The first-order valence-electron chi connectivity index (χ1n) is 8.72. The molecule has 1 heterocycles. The van der Waals surface area contributed by atoms with Crippen LogP contribution in [0.3, 0.4) is 0 Å². The smallest absolute Gasteiger partial charge is 0.416 e. The molecule has 0 fully saturated rings. The molecule has 1 aliphatic heterocycles. The van der Waals surface area contributed by atoms with E-state index in [4.69, 9.17) is 18.9 Å². The van der Waals surface area contributed by atoms with Crippen LogP contribution >= 0.6 is 0 Å². The normalized spacial score (nSPS) is 16.0. The molecule has 1 atom stereocenters. The van der Waals surface area contributed by atoms with Gasteiger partial charge >= 0.3 is 6.18 Å². The topological polar surface area (TPSA) is 69.6 Å². The third-order valence-corrected chi connectivity index (χ3v) is 4.38. The Hall–Kier alpha value is -3.43. The van der Waals surface area contributed by atoms with Crippen LogP contribution in [0.5, 0.6) is 17.2 Å². The second-order valence-corrected chi connectivity index (χ2v) is 6.28. The Morgan fingerprint density at radius 2 is 1.70 bits per heavy atom. The van der Waals surface area contributed by atoms with E-state index in [1.807, 2.05) is 0 Å². The van der Waals surface area contributed by atoms with Crippen LogP contribution in [0.2, 0.25) is 0 Å². The molecule has 30 heavy (non-hydrogen) atoms. The van der Waals surface area contributed by atoms with E-state index in [1.54, 1.807) is 12.1 Å². The minimum Gasteiger partial charge on any atom is -0.493 e. The molecule has 1 aliphatic rings. The lowest BCUT2D eigenvalue weighted by Crippen LogP contribution is -2.25. The molecule has 0 saturated heterocycles. The highest BCUT2D eigenvalue weighted by Gasteiger charge is 2.36. The number of halogens is 3. The number of amides is 1. The van der Waals surface area contributed by atoms with Gasteiger partial charge in [0.25, 0.3) is 0 Å². The summed E-state index contributed by atoms with van der Waals surface area (Å²) in [5.41, 5.74) is -0.329. The van der Waals surface area contributed by atoms with Crippen LogP contribution in [-0.2, 0) is 15.7 Å². The molecule has 3 rings (SSSR count). The van der Waals surface area contributed by atoms with Crippen molar-refractivity contribution < 1.29 is 36.9 Å². The third-order valence-electron chi connectivity index (χ3n) is 4.38. The largest absolute Gasteiger partial charge is 0.493 e. The fraction of sp³-hybridized carbons (Fsp3) is 0.300. The SMILES string of the molecule is COc1cc(C2=NN(C(C)=O)C(c3cccc(C(F)(F)F)c3)O2)cc(OC)c1OC. The number of alkyl halides is 3. The first-order valence-corrected chi connectivity index (χ1v) is 8.72. The second kappa shape index (κ2) is 8.13. The van der Waals surface area contributed by atoms with Crippen LogP contribution in [0.15, 0.2) is 41.5 Å². The van der Waals surface area contributed by atoms with Crippen molar-refractivity contribution in [3.63, 3.8) is 0 Å². The number of carbonyl (C=O) groups excluding carboxylic acids is 1. The summed E-state index contributed by atoms with van der Waals surface area (Å²) in [6.45, 7) is 1.24. The highest BCUT2D eigenvalue weighted by molar-refractivity contribution is 5.97. The number of nitrogens with zero attached hydrogens (tertiary/aromatic N) is 2. The van der Waals surface area contributed by atoms with Gasteiger partial charge in [-0.3, -0.25) is 4.79 Å². The van der Waals surface area contributed by atoms with Crippen molar-refractivity contribution in [2.24, 2.45) is 5.10 Å². The van der Waals surface area contributed by atoms with Crippen molar-refractivity contribution in [3.8, 4) is 17.2 Å². The van der Waals surface area contributed by atoms with Crippen LogP contribution in [0, 0.1) is 0 Å². The predicted molar refractivity (Wildman–Crippen MR) is 100 cm³/mol. The number of hydrogen-bond donors (Lipinski definition) is 0. The van der Waals surface area contributed by atoms with Crippen molar-refractivity contribution in [2.45, 2.75) is 19.3 Å². The Balaban J connectivity index is 2.02. The summed E-state index contributed by atoms with van der Waals surface area (Å²) in [4.78, 5) is 12.1. The molecule has 0 radical (unpaired) electrons. The Morgan fingerprint density at radius 3 is 2.20 bits per heavy atom. The van der Waals surface area contributed by atoms with Crippen LogP contribution in [0.1, 0.15) is 29.8 Å². The fourth-order valence-electron chi connectivity index (χ4n) is 2.97. The van der Waals surface area contributed by atoms with Gasteiger partial charge in [-0.2, -0.15) is 18.2 Å². The number of hydrogen-bond acceptors (Lipinski definition) is 6. The minimum absolute atomic E-state index is 0.0202. The van der Waals surface area contributed by atoms with E-state index in [9.17, 15) is 18.0 Å². The molecular weight excluding hydrogens is 405 g/mol. The molecule has 0 aromatic heterocycles. The zero-order valence-corrected chi connectivity index (χ0v) is 16.6. The van der Waals surface area contributed by atoms with Crippen LogP contribution in [0.25, 0.3) is 0 Å². The Kier molecular flexibility index (Phi) is 5.77. The van der Waals surface area contributed by atoms with Crippen molar-refractivity contribution in [1.82, 2.24) is 5.01 Å². The molecule has 0 spiro atoms. The monoisotopic (exact) mass is 424 g/mol. The Morgan fingerprint density at radius 1 is 1.07 bits per heavy atom. The third kappa shape index (κ3) is 3.98. The molecule has 7 nitrogen and oxygen atoms in total. The fourth-order valence-corrected chi connectivity index (χ4v) is 2.97. The average Bonchev–Trinajstić information content (AvgIpc) is 3.18. The Bertz CT molecular complexity index is 966. The second-order valence-electron chi connectivity index (χ2n) is 6.28. The summed E-state index contributed by atoms with van der Waals surface area (Å²) in [6, 6.07) is 7.67. The van der Waals surface area contributed by atoms with E-state index < -0.39 is 23.9 Å². The van der Waals surface area contributed by atoms with Crippen molar-refractivity contribution in [1.29, 1.82) is 0 Å². The molecule has 0 N–H and O–H groups in total. The number of benzene rings is 2. The van der Waals surface area contributed by atoms with Gasteiger partial charge in [0.1, 0.15) is 0 Å². The maximum atomic E-state index is 13.1. The average molecular weight is 424 g/mol. The molecule has 1 amide bonds. The number of hydrazone groups is 1. The highest BCUT2D eigenvalue weighted by atomic mass is 19.4. The zero-order chi connectivity index (χ0) is 22.1. The molecule has 0 saturated carbocycles. The van der Waals surface area contributed by atoms with Gasteiger partial charge in [0.2, 0.25) is 23.8 Å². The van der Waals surface area contributed by atoms with Crippen LogP contribution < -0.4 is 14.2 Å². The molecule has 0 bridgehead atoms. The number of carbonyl (C=O) groups is 1. The van der Waals surface area contributed by atoms with Crippen LogP contribution in [0.4, 0.5) is 13.2 Å². The lowest BCUT2D eigenvalue weighted by molar-refractivity contribution is -0.137. The molecule has 10 heteroatoms. The van der Waals surface area contributed by atoms with Crippen molar-refractivity contribution in [2.75, 3.05) is 21.3 Å². The molecule has 2 aromatic rings. The van der Waals surface area contributed by atoms with Gasteiger partial charge in [-0.15, -0.1) is 5.10 Å². The first kappa shape index (κ1) is 21.3. The molecule has 160 valence electrons. The number of rotatable bonds is 5. The molecule has 1 unspecified atom stereocenters. The lowest BCUT2D eigenvalue weighted by Gasteiger charge is -2.20. The molecule has 0 aliphatic carbocycles. The zero-order valence-electron chi connectivity index (χ0n) is 16.6. The minimum atomic E-state index is -4.53. The van der Waals surface area contributed by atoms with Crippen LogP contribution in [-0.4, -0.2) is 38.1 Å². The van der Waals surface area contributed by atoms with Crippen molar-refractivity contribution >= 4 is 11.8 Å². The summed E-state index contributed by atoms with van der Waals surface area (Å²) < 4.78 is 60.9. The first-order chi connectivity index (χ1) is 14.2. The van der Waals surface area contributed by atoms with Crippen molar-refractivity contribution in [3.05, 3.63) is 53.1 Å². The highest BCUT2D eigenvalue weighted by Crippen LogP contribution is 2.40. The van der Waals surface area contributed by atoms with Gasteiger partial charge in [0.05, 0.1) is 26.9 Å². The van der Waals surface area contributed by atoms with E-state index in [0.29, 0.717) is 22.8 Å². The quantitative estimate of drug-likeness (QED) is 0.727. The van der Waals surface area contributed by atoms with Gasteiger partial charge in [0.15, 0.2) is 11.5 Å². The number of ether oxygens (including phenoxy) is 4. The molecule has 2 aromatic carbocycles. The maximum absolute atomic E-state index is 13.1. The summed E-state index contributed by atoms with van der Waals surface area (Å²) in [5, 5.41) is 5.14. The standard InChI is InChI=1S/C20H19F3N2O5/c1-11(26)25-19(12-6-5-7-14(8-12)20(21,22)23)30-18(24-25)13-9-15(27-2)17(29-4)16(10-13)28-3/h5-10,19H,1-4H3. The summed E-state index contributed by atoms with van der Waals surface area (Å²) >= 11 is 0. The van der Waals surface area contributed by atoms with E-state index in [2.05, 4.69) is 5.10 Å². The van der Waals surface area contributed by atoms with Gasteiger partial charge in [0, 0.05) is 18.1 Å². The van der Waals surface area contributed by atoms with E-state index in [0.717, 1.165) is 17.1 Å². The van der Waals surface area contributed by atoms with E-state index in [-0.39, 0.29) is 11.5 Å². The maximum Gasteiger partial charge on any atom is 0.416 e. The summed E-state index contributed by atoms with van der Waals surface area (Å²) in [7, 11) is 4.32. The summed E-state index contributed by atoms with van der Waals surface area (Å²) in [6.07, 6.45) is -5.69. The van der Waals surface area contributed by atoms with E-state index in [1.165, 1.54) is 40.4 Å². The number of methoxy groups -OCH3 is 3. The van der Waals surface area contributed by atoms with Gasteiger partial charge in [-0.1, -0.05) is 12.1 Å². The van der Waals surface area contributed by atoms with Gasteiger partial charge < -0.3 is 18.9 Å². The van der Waals surface area contributed by atoms with E-state index >= 15 is 0 Å². The summed E-state index contributed by atoms with van der Waals surface area (Å²) in [5.74, 6) is 0.525.